The molecule has 1 unspecified atom stereocenters. The molecule has 0 spiro atoms. The second kappa shape index (κ2) is 20.1. The van der Waals surface area contributed by atoms with Crippen LogP contribution in [0.2, 0.25) is 0 Å². The van der Waals surface area contributed by atoms with Crippen LogP contribution in [0.4, 0.5) is 4.39 Å². The molecule has 0 aliphatic rings. The van der Waals surface area contributed by atoms with Gasteiger partial charge in [-0.3, -0.25) is 0 Å². The maximum Gasteiger partial charge on any atom is 0.116 e. The minimum Gasteiger partial charge on any atom is -0.243 e. The van der Waals surface area contributed by atoms with E-state index in [2.05, 4.69) is 60.6 Å². The third kappa shape index (κ3) is 31.5. The molecule has 0 heterocycles. The minimum absolute atomic E-state index is 0.541. The van der Waals surface area contributed by atoms with Crippen LogP contribution in [0.5, 0.6) is 0 Å². The Hall–Kier alpha value is -0.850. The summed E-state index contributed by atoms with van der Waals surface area (Å²) < 4.78 is 12.4. The number of halogens is 1. The Kier molecular flexibility index (Phi) is 23.9. The molecule has 0 fully saturated rings. The van der Waals surface area contributed by atoms with Gasteiger partial charge in [-0.2, -0.15) is 0 Å². The van der Waals surface area contributed by atoms with Crippen molar-refractivity contribution >= 4 is 0 Å². The normalized spacial score (nSPS) is 12.2. The SMILES string of the molecule is CC=C(C)C.CCC(/C=C\C(C)F)=C/C(C)C.CCCCC. The first-order valence-electron chi connectivity index (χ1n) is 8.87. The van der Waals surface area contributed by atoms with Gasteiger partial charge in [-0.05, 0) is 40.0 Å². The molecule has 0 N–H and O–H groups in total. The first kappa shape index (κ1) is 26.1. The van der Waals surface area contributed by atoms with Crippen LogP contribution in [-0.4, -0.2) is 6.17 Å². The van der Waals surface area contributed by atoms with E-state index in [0.29, 0.717) is 5.92 Å². The molecule has 1 atom stereocenters. The van der Waals surface area contributed by atoms with Gasteiger partial charge in [0.15, 0.2) is 0 Å². The summed E-state index contributed by atoms with van der Waals surface area (Å²) in [5.74, 6) is 0.541. The standard InChI is InChI=1S/C11H19F.C5H10.C5H12/c1-5-11(8-9(2)3)7-6-10(4)12;1-4-5(2)3;1-3-5-4-2/h6-10H,5H2,1-4H3;4H,1-3H3;3-5H2,1-2H3/b7-6-,11-8-;;. The Morgan fingerprint density at radius 1 is 1.00 bits per heavy atom. The molecule has 0 amide bonds. The highest BCUT2D eigenvalue weighted by Gasteiger charge is 1.93. The molecular formula is C21H41F. The van der Waals surface area contributed by atoms with Crippen molar-refractivity contribution in [3.63, 3.8) is 0 Å². The lowest BCUT2D eigenvalue weighted by Crippen LogP contribution is -1.87. The summed E-state index contributed by atoms with van der Waals surface area (Å²) in [5.41, 5.74) is 2.60. The van der Waals surface area contributed by atoms with Gasteiger partial charge in [0.2, 0.25) is 0 Å². The lowest BCUT2D eigenvalue weighted by Gasteiger charge is -2.00. The van der Waals surface area contributed by atoms with Crippen LogP contribution in [0.15, 0.2) is 35.5 Å². The molecule has 0 rings (SSSR count). The van der Waals surface area contributed by atoms with Crippen molar-refractivity contribution in [1.82, 2.24) is 0 Å². The van der Waals surface area contributed by atoms with Crippen LogP contribution >= 0.6 is 0 Å². The lowest BCUT2D eigenvalue weighted by molar-refractivity contribution is 0.430. The Labute approximate surface area is 140 Å². The zero-order valence-corrected chi connectivity index (χ0v) is 16.7. The largest absolute Gasteiger partial charge is 0.243 e. The van der Waals surface area contributed by atoms with Crippen LogP contribution in [0.3, 0.4) is 0 Å². The van der Waals surface area contributed by atoms with Gasteiger partial charge in [0, 0.05) is 0 Å². The van der Waals surface area contributed by atoms with Crippen molar-refractivity contribution in [3.8, 4) is 0 Å². The minimum atomic E-state index is -0.841. The van der Waals surface area contributed by atoms with Gasteiger partial charge in [0.25, 0.3) is 0 Å². The van der Waals surface area contributed by atoms with Crippen LogP contribution in [0, 0.1) is 5.92 Å². The summed E-state index contributed by atoms with van der Waals surface area (Å²) >= 11 is 0. The number of unbranched alkanes of at least 4 members (excludes halogenated alkanes) is 2. The molecule has 1 heteroatoms. The van der Waals surface area contributed by atoms with Crippen LogP contribution in [0.1, 0.15) is 88.0 Å². The number of hydrogen-bond donors (Lipinski definition) is 0. The predicted octanol–water partition coefficient (Wildman–Crippen LogP) is 8.06. The molecule has 0 saturated carbocycles. The number of rotatable bonds is 6. The van der Waals surface area contributed by atoms with Crippen molar-refractivity contribution in [1.29, 1.82) is 0 Å². The molecule has 0 saturated heterocycles. The predicted molar refractivity (Wildman–Crippen MR) is 103 cm³/mol. The zero-order valence-electron chi connectivity index (χ0n) is 16.7. The Morgan fingerprint density at radius 2 is 1.45 bits per heavy atom. The molecule has 0 aromatic heterocycles. The molecule has 22 heavy (non-hydrogen) atoms. The van der Waals surface area contributed by atoms with Gasteiger partial charge in [-0.15, -0.1) is 0 Å². The van der Waals surface area contributed by atoms with Crippen molar-refractivity contribution in [3.05, 3.63) is 35.5 Å². The van der Waals surface area contributed by atoms with E-state index >= 15 is 0 Å². The molecule has 0 bridgehead atoms. The van der Waals surface area contributed by atoms with E-state index in [1.807, 2.05) is 13.0 Å². The number of alkyl halides is 1. The van der Waals surface area contributed by atoms with Crippen molar-refractivity contribution in [2.45, 2.75) is 94.2 Å². The van der Waals surface area contributed by atoms with E-state index in [1.54, 1.807) is 13.0 Å². The van der Waals surface area contributed by atoms with Gasteiger partial charge >= 0.3 is 0 Å². The average Bonchev–Trinajstić information content (AvgIpc) is 2.45. The molecule has 0 nitrogen and oxygen atoms in total. The van der Waals surface area contributed by atoms with Gasteiger partial charge in [0.1, 0.15) is 6.17 Å². The van der Waals surface area contributed by atoms with Gasteiger partial charge in [-0.25, -0.2) is 4.39 Å². The quantitative estimate of drug-likeness (QED) is 0.343. The van der Waals surface area contributed by atoms with Gasteiger partial charge in [-0.1, -0.05) is 89.3 Å². The lowest BCUT2D eigenvalue weighted by atomic mass is 10.1. The van der Waals surface area contributed by atoms with Crippen LogP contribution in [0.25, 0.3) is 0 Å². The van der Waals surface area contributed by atoms with Crippen LogP contribution in [-0.2, 0) is 0 Å². The van der Waals surface area contributed by atoms with E-state index in [0.717, 1.165) is 6.42 Å². The number of allylic oxidation sites excluding steroid dienone is 6. The molecule has 132 valence electrons. The van der Waals surface area contributed by atoms with Crippen LogP contribution < -0.4 is 0 Å². The van der Waals surface area contributed by atoms with E-state index in [9.17, 15) is 4.39 Å². The molecule has 0 radical (unpaired) electrons. The first-order chi connectivity index (χ1) is 10.2. The molecular weight excluding hydrogens is 271 g/mol. The molecule has 0 aromatic carbocycles. The fraction of sp³-hybridized carbons (Fsp3) is 0.714. The smallest absolute Gasteiger partial charge is 0.116 e. The summed E-state index contributed by atoms with van der Waals surface area (Å²) in [7, 11) is 0. The van der Waals surface area contributed by atoms with Gasteiger partial charge < -0.3 is 0 Å². The molecule has 0 aromatic rings. The van der Waals surface area contributed by atoms with Crippen molar-refractivity contribution < 1.29 is 4.39 Å². The third-order valence-corrected chi connectivity index (χ3v) is 2.82. The Morgan fingerprint density at radius 3 is 1.64 bits per heavy atom. The second-order valence-corrected chi connectivity index (χ2v) is 6.10. The average molecular weight is 313 g/mol. The molecule has 0 aliphatic heterocycles. The summed E-state index contributed by atoms with van der Waals surface area (Å²) in [6.45, 7) is 18.5. The Balaban J connectivity index is -0.000000298. The Bertz CT molecular complexity index is 287. The van der Waals surface area contributed by atoms with E-state index < -0.39 is 6.17 Å². The zero-order chi connectivity index (χ0) is 18.0. The van der Waals surface area contributed by atoms with Gasteiger partial charge in [0.05, 0.1) is 0 Å². The number of hydrogen-bond acceptors (Lipinski definition) is 0. The second-order valence-electron chi connectivity index (χ2n) is 6.10. The fourth-order valence-corrected chi connectivity index (χ4v) is 1.33. The van der Waals surface area contributed by atoms with Crippen molar-refractivity contribution in [2.24, 2.45) is 5.92 Å². The monoisotopic (exact) mass is 312 g/mol. The van der Waals surface area contributed by atoms with Crippen molar-refractivity contribution in [2.75, 3.05) is 0 Å². The maximum absolute atomic E-state index is 12.4. The fourth-order valence-electron chi connectivity index (χ4n) is 1.33. The summed E-state index contributed by atoms with van der Waals surface area (Å²) in [4.78, 5) is 0. The van der Waals surface area contributed by atoms with E-state index in [1.165, 1.54) is 30.4 Å². The molecule has 0 aliphatic carbocycles. The highest BCUT2D eigenvalue weighted by Crippen LogP contribution is 2.08. The third-order valence-electron chi connectivity index (χ3n) is 2.82. The summed E-state index contributed by atoms with van der Waals surface area (Å²) in [5, 5.41) is 0. The summed E-state index contributed by atoms with van der Waals surface area (Å²) in [6, 6.07) is 0. The summed E-state index contributed by atoms with van der Waals surface area (Å²) in [6.07, 6.45) is 11.9. The topological polar surface area (TPSA) is 0 Å². The first-order valence-corrected chi connectivity index (χ1v) is 8.87. The van der Waals surface area contributed by atoms with E-state index in [-0.39, 0.29) is 0 Å². The maximum atomic E-state index is 12.4. The highest BCUT2D eigenvalue weighted by atomic mass is 19.1. The highest BCUT2D eigenvalue weighted by molar-refractivity contribution is 5.19. The van der Waals surface area contributed by atoms with E-state index in [4.69, 9.17) is 0 Å².